The van der Waals surface area contributed by atoms with Crippen LogP contribution in [0.25, 0.3) is 0 Å². The van der Waals surface area contributed by atoms with Crippen molar-refractivity contribution in [1.29, 1.82) is 0 Å². The Morgan fingerprint density at radius 3 is 1.64 bits per heavy atom. The van der Waals surface area contributed by atoms with E-state index >= 15 is 0 Å². The Labute approximate surface area is 89.9 Å². The van der Waals surface area contributed by atoms with Crippen molar-refractivity contribution in [3.8, 4) is 0 Å². The SMILES string of the molecule is CC1CCC(N(C(C)C)C(C)C)CC1. The van der Waals surface area contributed by atoms with Gasteiger partial charge in [0.15, 0.2) is 0 Å². The topological polar surface area (TPSA) is 3.24 Å². The molecule has 1 aliphatic rings. The number of hydrogen-bond donors (Lipinski definition) is 0. The molecule has 14 heavy (non-hydrogen) atoms. The van der Waals surface area contributed by atoms with Crippen LogP contribution in [-0.4, -0.2) is 23.0 Å². The van der Waals surface area contributed by atoms with E-state index in [-0.39, 0.29) is 0 Å². The molecule has 1 nitrogen and oxygen atoms in total. The van der Waals surface area contributed by atoms with Crippen LogP contribution in [0.4, 0.5) is 0 Å². The minimum absolute atomic E-state index is 0.702. The van der Waals surface area contributed by atoms with Crippen molar-refractivity contribution >= 4 is 0 Å². The molecule has 0 bridgehead atoms. The van der Waals surface area contributed by atoms with Crippen LogP contribution in [0.15, 0.2) is 0 Å². The molecule has 0 saturated heterocycles. The maximum Gasteiger partial charge on any atom is 0.0101 e. The van der Waals surface area contributed by atoms with Crippen LogP contribution >= 0.6 is 0 Å². The Bertz CT molecular complexity index is 147. The van der Waals surface area contributed by atoms with Gasteiger partial charge in [0.1, 0.15) is 0 Å². The zero-order chi connectivity index (χ0) is 10.7. The van der Waals surface area contributed by atoms with Crippen molar-refractivity contribution in [3.05, 3.63) is 0 Å². The van der Waals surface area contributed by atoms with Crippen LogP contribution in [-0.2, 0) is 0 Å². The van der Waals surface area contributed by atoms with E-state index in [9.17, 15) is 0 Å². The largest absolute Gasteiger partial charge is 0.296 e. The second-order valence-electron chi connectivity index (χ2n) is 5.55. The fraction of sp³-hybridized carbons (Fsp3) is 1.00. The van der Waals surface area contributed by atoms with Crippen LogP contribution < -0.4 is 0 Å². The van der Waals surface area contributed by atoms with E-state index in [2.05, 4.69) is 39.5 Å². The fourth-order valence-corrected chi connectivity index (χ4v) is 2.98. The summed E-state index contributed by atoms with van der Waals surface area (Å²) in [6.07, 6.45) is 5.69. The average Bonchev–Trinajstić information content (AvgIpc) is 2.07. The molecule has 0 atom stereocenters. The third-order valence-electron chi connectivity index (χ3n) is 3.60. The van der Waals surface area contributed by atoms with E-state index in [4.69, 9.17) is 0 Å². The van der Waals surface area contributed by atoms with Crippen LogP contribution in [0.1, 0.15) is 60.3 Å². The van der Waals surface area contributed by atoms with Crippen LogP contribution in [0, 0.1) is 5.92 Å². The second-order valence-corrected chi connectivity index (χ2v) is 5.55. The van der Waals surface area contributed by atoms with Gasteiger partial charge < -0.3 is 0 Å². The summed E-state index contributed by atoms with van der Waals surface area (Å²) in [7, 11) is 0. The molecule has 0 amide bonds. The highest BCUT2D eigenvalue weighted by molar-refractivity contribution is 4.82. The lowest BCUT2D eigenvalue weighted by Crippen LogP contribution is -2.46. The zero-order valence-electron chi connectivity index (χ0n) is 10.6. The van der Waals surface area contributed by atoms with Gasteiger partial charge in [0.05, 0.1) is 0 Å². The van der Waals surface area contributed by atoms with Crippen molar-refractivity contribution < 1.29 is 0 Å². The normalized spacial score (nSPS) is 29.1. The summed E-state index contributed by atoms with van der Waals surface area (Å²) in [5, 5.41) is 0. The van der Waals surface area contributed by atoms with Gasteiger partial charge >= 0.3 is 0 Å². The zero-order valence-corrected chi connectivity index (χ0v) is 10.6. The maximum atomic E-state index is 2.70. The molecule has 0 aromatic carbocycles. The number of nitrogens with zero attached hydrogens (tertiary/aromatic N) is 1. The molecular formula is C13H27N. The molecule has 84 valence electrons. The first-order valence-electron chi connectivity index (χ1n) is 6.29. The number of rotatable bonds is 3. The van der Waals surface area contributed by atoms with Crippen molar-refractivity contribution in [3.63, 3.8) is 0 Å². The lowest BCUT2D eigenvalue weighted by Gasteiger charge is -2.41. The fourth-order valence-electron chi connectivity index (χ4n) is 2.98. The van der Waals surface area contributed by atoms with Crippen molar-refractivity contribution in [1.82, 2.24) is 4.90 Å². The highest BCUT2D eigenvalue weighted by atomic mass is 15.2. The first-order valence-corrected chi connectivity index (χ1v) is 6.29. The van der Waals surface area contributed by atoms with E-state index < -0.39 is 0 Å². The Morgan fingerprint density at radius 2 is 1.29 bits per heavy atom. The average molecular weight is 197 g/mol. The van der Waals surface area contributed by atoms with E-state index in [1.165, 1.54) is 25.7 Å². The summed E-state index contributed by atoms with van der Waals surface area (Å²) in [5.74, 6) is 0.965. The van der Waals surface area contributed by atoms with Crippen LogP contribution in [0.5, 0.6) is 0 Å². The van der Waals surface area contributed by atoms with Gasteiger partial charge in [0.2, 0.25) is 0 Å². The maximum absolute atomic E-state index is 2.70. The van der Waals surface area contributed by atoms with Gasteiger partial charge in [0.25, 0.3) is 0 Å². The van der Waals surface area contributed by atoms with E-state index in [0.717, 1.165) is 12.0 Å². The summed E-state index contributed by atoms with van der Waals surface area (Å²) in [6.45, 7) is 11.7. The molecule has 0 unspecified atom stereocenters. The third-order valence-corrected chi connectivity index (χ3v) is 3.60. The van der Waals surface area contributed by atoms with Crippen molar-refractivity contribution in [2.75, 3.05) is 0 Å². The van der Waals surface area contributed by atoms with Gasteiger partial charge in [-0.3, -0.25) is 4.90 Å². The van der Waals surface area contributed by atoms with Crippen molar-refractivity contribution in [2.24, 2.45) is 5.92 Å². The summed E-state index contributed by atoms with van der Waals surface area (Å²) < 4.78 is 0. The molecule has 0 N–H and O–H groups in total. The molecule has 0 aromatic heterocycles. The highest BCUT2D eigenvalue weighted by Gasteiger charge is 2.27. The third kappa shape index (κ3) is 2.98. The lowest BCUT2D eigenvalue weighted by atomic mass is 9.85. The smallest absolute Gasteiger partial charge is 0.0101 e. The van der Waals surface area contributed by atoms with Gasteiger partial charge in [-0.2, -0.15) is 0 Å². The Hall–Kier alpha value is -0.0400. The van der Waals surface area contributed by atoms with Crippen LogP contribution in [0.3, 0.4) is 0 Å². The summed E-state index contributed by atoms with van der Waals surface area (Å²) in [5.41, 5.74) is 0. The summed E-state index contributed by atoms with van der Waals surface area (Å²) in [6, 6.07) is 2.26. The van der Waals surface area contributed by atoms with Gasteiger partial charge in [-0.25, -0.2) is 0 Å². The van der Waals surface area contributed by atoms with Gasteiger partial charge in [-0.05, 0) is 59.3 Å². The minimum Gasteiger partial charge on any atom is -0.296 e. The quantitative estimate of drug-likeness (QED) is 0.667. The Kier molecular flexibility index (Phi) is 4.43. The lowest BCUT2D eigenvalue weighted by molar-refractivity contribution is 0.0767. The van der Waals surface area contributed by atoms with Gasteiger partial charge in [0, 0.05) is 18.1 Å². The summed E-state index contributed by atoms with van der Waals surface area (Å²) >= 11 is 0. The van der Waals surface area contributed by atoms with E-state index in [1.54, 1.807) is 0 Å². The Morgan fingerprint density at radius 1 is 0.857 bits per heavy atom. The molecule has 1 aliphatic carbocycles. The first kappa shape index (κ1) is 12.0. The molecule has 1 heteroatoms. The predicted octanol–water partition coefficient (Wildman–Crippen LogP) is 3.68. The standard InChI is InChI=1S/C13H27N/c1-10(2)14(11(3)4)13-8-6-12(5)7-9-13/h10-13H,6-9H2,1-5H3. The molecular weight excluding hydrogens is 170 g/mol. The molecule has 1 saturated carbocycles. The number of hydrogen-bond acceptors (Lipinski definition) is 1. The van der Waals surface area contributed by atoms with Crippen LogP contribution in [0.2, 0.25) is 0 Å². The second kappa shape index (κ2) is 5.16. The van der Waals surface area contributed by atoms with Gasteiger partial charge in [-0.15, -0.1) is 0 Å². The molecule has 0 heterocycles. The molecule has 0 aliphatic heterocycles. The first-order chi connectivity index (χ1) is 6.52. The molecule has 0 spiro atoms. The highest BCUT2D eigenvalue weighted by Crippen LogP contribution is 2.29. The van der Waals surface area contributed by atoms with Crippen molar-refractivity contribution in [2.45, 2.75) is 78.4 Å². The minimum atomic E-state index is 0.702. The van der Waals surface area contributed by atoms with Gasteiger partial charge in [-0.1, -0.05) is 6.92 Å². The van der Waals surface area contributed by atoms with E-state index in [1.807, 2.05) is 0 Å². The Balaban J connectivity index is 2.52. The van der Waals surface area contributed by atoms with E-state index in [0.29, 0.717) is 12.1 Å². The molecule has 1 rings (SSSR count). The molecule has 0 aromatic rings. The predicted molar refractivity (Wildman–Crippen MR) is 63.5 cm³/mol. The molecule has 1 fully saturated rings. The monoisotopic (exact) mass is 197 g/mol. The molecule has 0 radical (unpaired) electrons. The summed E-state index contributed by atoms with van der Waals surface area (Å²) in [4.78, 5) is 2.70.